The molecule has 0 fully saturated rings. The molecule has 0 aliphatic rings. The van der Waals surface area contributed by atoms with E-state index in [1.807, 2.05) is 0 Å². The van der Waals surface area contributed by atoms with E-state index < -0.39 is 21.5 Å². The van der Waals surface area contributed by atoms with Crippen molar-refractivity contribution < 1.29 is 13.5 Å². The Kier molecular flexibility index (Phi) is 4.42. The van der Waals surface area contributed by atoms with Gasteiger partial charge >= 0.3 is 0 Å². The van der Waals surface area contributed by atoms with Crippen LogP contribution in [0.1, 0.15) is 16.8 Å². The van der Waals surface area contributed by atoms with E-state index in [0.717, 1.165) is 0 Å². The van der Waals surface area contributed by atoms with Gasteiger partial charge in [0.15, 0.2) is 0 Å². The summed E-state index contributed by atoms with van der Waals surface area (Å²) >= 11 is 0. The van der Waals surface area contributed by atoms with Crippen LogP contribution in [0.3, 0.4) is 0 Å². The molecule has 0 N–H and O–H groups in total. The highest BCUT2D eigenvalue weighted by Gasteiger charge is 2.20. The topological polar surface area (TPSA) is 73.1 Å². The van der Waals surface area contributed by atoms with Crippen molar-refractivity contribution in [1.82, 2.24) is 4.98 Å². The SMILES string of the molecule is Cc1cnc(CS(=O)c2ccc(F)cc2)c(C)c1[N+](=O)[O-]. The van der Waals surface area contributed by atoms with Gasteiger partial charge in [-0.3, -0.25) is 19.3 Å². The van der Waals surface area contributed by atoms with E-state index in [0.29, 0.717) is 21.7 Å². The van der Waals surface area contributed by atoms with Gasteiger partial charge in [-0.2, -0.15) is 0 Å². The molecule has 1 atom stereocenters. The second kappa shape index (κ2) is 6.09. The molecule has 0 bridgehead atoms. The van der Waals surface area contributed by atoms with Crippen LogP contribution < -0.4 is 0 Å². The molecule has 0 aliphatic heterocycles. The first kappa shape index (κ1) is 15.2. The molecule has 0 amide bonds. The standard InChI is InChI=1S/C14H13FN2O3S/c1-9-7-16-13(10(2)14(9)17(18)19)8-21(20)12-5-3-11(15)4-6-12/h3-7H,8H2,1-2H3. The van der Waals surface area contributed by atoms with Crippen molar-refractivity contribution >= 4 is 16.5 Å². The fraction of sp³-hybridized carbons (Fsp3) is 0.214. The highest BCUT2D eigenvalue weighted by molar-refractivity contribution is 7.84. The summed E-state index contributed by atoms with van der Waals surface area (Å²) in [6, 6.07) is 5.32. The summed E-state index contributed by atoms with van der Waals surface area (Å²) in [5.74, 6) is -0.352. The van der Waals surface area contributed by atoms with Crippen molar-refractivity contribution in [3.05, 3.63) is 63.2 Å². The van der Waals surface area contributed by atoms with Crippen LogP contribution in [0.15, 0.2) is 35.4 Å². The second-order valence-electron chi connectivity index (χ2n) is 4.56. The summed E-state index contributed by atoms with van der Waals surface area (Å²) in [4.78, 5) is 15.2. The molecule has 1 aromatic carbocycles. The van der Waals surface area contributed by atoms with Crippen molar-refractivity contribution in [3.63, 3.8) is 0 Å². The molecule has 0 spiro atoms. The van der Waals surface area contributed by atoms with Gasteiger partial charge in [0.25, 0.3) is 5.69 Å². The van der Waals surface area contributed by atoms with Gasteiger partial charge in [0.2, 0.25) is 0 Å². The Hall–Kier alpha value is -2.15. The molecule has 1 aromatic heterocycles. The van der Waals surface area contributed by atoms with Crippen LogP contribution in [0.5, 0.6) is 0 Å². The van der Waals surface area contributed by atoms with Crippen LogP contribution in [0.25, 0.3) is 0 Å². The molecular formula is C14H13FN2O3S. The van der Waals surface area contributed by atoms with Gasteiger partial charge in [-0.1, -0.05) is 0 Å². The molecule has 0 aliphatic carbocycles. The first-order valence-electron chi connectivity index (χ1n) is 6.13. The van der Waals surface area contributed by atoms with Gasteiger partial charge in [0.05, 0.1) is 27.2 Å². The van der Waals surface area contributed by atoms with E-state index in [9.17, 15) is 18.7 Å². The number of benzene rings is 1. The van der Waals surface area contributed by atoms with Gasteiger partial charge in [-0.25, -0.2) is 4.39 Å². The number of hydrogen-bond acceptors (Lipinski definition) is 4. The number of hydrogen-bond donors (Lipinski definition) is 0. The molecule has 0 radical (unpaired) electrons. The maximum Gasteiger partial charge on any atom is 0.278 e. The number of nitrogens with zero attached hydrogens (tertiary/aromatic N) is 2. The second-order valence-corrected chi connectivity index (χ2v) is 6.01. The maximum atomic E-state index is 12.8. The molecule has 1 unspecified atom stereocenters. The summed E-state index contributed by atoms with van der Waals surface area (Å²) in [5, 5.41) is 11.0. The van der Waals surface area contributed by atoms with E-state index in [4.69, 9.17) is 0 Å². The number of aromatic nitrogens is 1. The molecule has 2 rings (SSSR count). The first-order chi connectivity index (χ1) is 9.90. The average molecular weight is 308 g/mol. The van der Waals surface area contributed by atoms with Gasteiger partial charge in [-0.05, 0) is 38.1 Å². The van der Waals surface area contributed by atoms with Crippen LogP contribution >= 0.6 is 0 Å². The molecule has 110 valence electrons. The molecule has 21 heavy (non-hydrogen) atoms. The molecular weight excluding hydrogens is 295 g/mol. The fourth-order valence-electron chi connectivity index (χ4n) is 1.99. The predicted molar refractivity (Wildman–Crippen MR) is 76.9 cm³/mol. The zero-order valence-electron chi connectivity index (χ0n) is 11.5. The van der Waals surface area contributed by atoms with Gasteiger partial charge in [0.1, 0.15) is 5.82 Å². The molecule has 0 saturated carbocycles. The lowest BCUT2D eigenvalue weighted by Crippen LogP contribution is -2.05. The summed E-state index contributed by atoms with van der Waals surface area (Å²) in [7, 11) is -1.43. The van der Waals surface area contributed by atoms with E-state index in [2.05, 4.69) is 4.98 Å². The van der Waals surface area contributed by atoms with Crippen molar-refractivity contribution in [2.45, 2.75) is 24.5 Å². The monoisotopic (exact) mass is 308 g/mol. The highest BCUT2D eigenvalue weighted by atomic mass is 32.2. The third-order valence-corrected chi connectivity index (χ3v) is 4.44. The number of rotatable bonds is 4. The zero-order chi connectivity index (χ0) is 15.6. The lowest BCUT2D eigenvalue weighted by Gasteiger charge is -2.07. The Morgan fingerprint density at radius 3 is 2.48 bits per heavy atom. The summed E-state index contributed by atoms with van der Waals surface area (Å²) < 4.78 is 25.1. The molecule has 0 saturated heterocycles. The van der Waals surface area contributed by atoms with Crippen LogP contribution in [-0.4, -0.2) is 14.1 Å². The fourth-order valence-corrected chi connectivity index (χ4v) is 3.13. The zero-order valence-corrected chi connectivity index (χ0v) is 12.3. The summed E-state index contributed by atoms with van der Waals surface area (Å²) in [6.45, 7) is 3.20. The van der Waals surface area contributed by atoms with E-state index in [1.165, 1.54) is 30.5 Å². The van der Waals surface area contributed by atoms with Crippen LogP contribution in [0, 0.1) is 29.8 Å². The van der Waals surface area contributed by atoms with E-state index >= 15 is 0 Å². The molecule has 1 heterocycles. The molecule has 7 heteroatoms. The number of aryl methyl sites for hydroxylation is 1. The quantitative estimate of drug-likeness (QED) is 0.643. The number of nitro groups is 1. The van der Waals surface area contributed by atoms with Crippen LogP contribution in [0.4, 0.5) is 10.1 Å². The third-order valence-electron chi connectivity index (χ3n) is 3.10. The number of halogens is 1. The van der Waals surface area contributed by atoms with Crippen molar-refractivity contribution in [2.24, 2.45) is 0 Å². The first-order valence-corrected chi connectivity index (χ1v) is 7.45. The normalized spacial score (nSPS) is 12.1. The van der Waals surface area contributed by atoms with Crippen LogP contribution in [0.2, 0.25) is 0 Å². The number of pyridine rings is 1. The Labute approximate surface area is 123 Å². The van der Waals surface area contributed by atoms with Crippen molar-refractivity contribution in [3.8, 4) is 0 Å². The minimum atomic E-state index is -1.43. The predicted octanol–water partition coefficient (Wildman–Crippen LogP) is 3.05. The van der Waals surface area contributed by atoms with Gasteiger partial charge in [0, 0.05) is 22.2 Å². The molecule has 5 nitrogen and oxygen atoms in total. The average Bonchev–Trinajstić information content (AvgIpc) is 2.42. The van der Waals surface area contributed by atoms with E-state index in [1.54, 1.807) is 13.8 Å². The summed E-state index contributed by atoms with van der Waals surface area (Å²) in [6.07, 6.45) is 1.41. The largest absolute Gasteiger partial charge is 0.278 e. The molecule has 2 aromatic rings. The Balaban J connectivity index is 2.32. The van der Waals surface area contributed by atoms with Gasteiger partial charge in [-0.15, -0.1) is 0 Å². The Bertz CT molecular complexity index is 717. The smallest absolute Gasteiger partial charge is 0.259 e. The van der Waals surface area contributed by atoms with Crippen molar-refractivity contribution in [1.29, 1.82) is 0 Å². The lowest BCUT2D eigenvalue weighted by atomic mass is 10.1. The maximum absolute atomic E-state index is 12.8. The lowest BCUT2D eigenvalue weighted by molar-refractivity contribution is -0.386. The van der Waals surface area contributed by atoms with Gasteiger partial charge < -0.3 is 0 Å². The Morgan fingerprint density at radius 1 is 1.29 bits per heavy atom. The highest BCUT2D eigenvalue weighted by Crippen LogP contribution is 2.25. The summed E-state index contributed by atoms with van der Waals surface area (Å²) in [5.41, 5.74) is 1.29. The van der Waals surface area contributed by atoms with Crippen LogP contribution in [-0.2, 0) is 16.6 Å². The van der Waals surface area contributed by atoms with E-state index in [-0.39, 0.29) is 11.4 Å². The Morgan fingerprint density at radius 2 is 1.90 bits per heavy atom. The van der Waals surface area contributed by atoms with Crippen molar-refractivity contribution in [2.75, 3.05) is 0 Å². The minimum absolute atomic E-state index is 0.00361. The minimum Gasteiger partial charge on any atom is -0.259 e. The third kappa shape index (κ3) is 3.30.